The van der Waals surface area contributed by atoms with Gasteiger partial charge in [-0.25, -0.2) is 8.42 Å². The van der Waals surface area contributed by atoms with Crippen LogP contribution >= 0.6 is 22.9 Å². The summed E-state index contributed by atoms with van der Waals surface area (Å²) in [5, 5.41) is 10.6. The van der Waals surface area contributed by atoms with Gasteiger partial charge in [-0.3, -0.25) is 10.1 Å². The van der Waals surface area contributed by atoms with Crippen LogP contribution < -0.4 is 5.32 Å². The van der Waals surface area contributed by atoms with Crippen LogP contribution in [0.5, 0.6) is 0 Å². The number of aromatic nitrogens is 2. The standard InChI is InChI=1S/C20H21ClN4O4S2/c1-12-3-4-13(2)15(11-12)19-23-24-20(29-19)22-18(26)14-7-9-25(10-8-14)31(27,28)17-6-5-16(21)30-17/h3-6,11,14H,7-10H2,1-2H3,(H,22,24,26). The van der Waals surface area contributed by atoms with Gasteiger partial charge in [0, 0.05) is 24.6 Å². The first-order chi connectivity index (χ1) is 14.7. The summed E-state index contributed by atoms with van der Waals surface area (Å²) in [7, 11) is -3.59. The van der Waals surface area contributed by atoms with Gasteiger partial charge in [-0.15, -0.1) is 16.4 Å². The summed E-state index contributed by atoms with van der Waals surface area (Å²) in [5.74, 6) is -0.256. The van der Waals surface area contributed by atoms with E-state index in [0.29, 0.717) is 23.1 Å². The number of nitrogens with zero attached hydrogens (tertiary/aromatic N) is 3. The molecule has 1 aliphatic rings. The lowest BCUT2D eigenvalue weighted by Crippen LogP contribution is -2.41. The fourth-order valence-corrected chi connectivity index (χ4v) is 6.58. The molecule has 4 rings (SSSR count). The van der Waals surface area contributed by atoms with Crippen LogP contribution in [0.1, 0.15) is 24.0 Å². The number of amides is 1. The molecule has 164 valence electrons. The van der Waals surface area contributed by atoms with E-state index in [1.165, 1.54) is 10.4 Å². The molecule has 31 heavy (non-hydrogen) atoms. The molecule has 1 N–H and O–H groups in total. The van der Waals surface area contributed by atoms with Crippen molar-refractivity contribution in [2.24, 2.45) is 5.92 Å². The van der Waals surface area contributed by atoms with Gasteiger partial charge < -0.3 is 4.42 Å². The third-order valence-corrected chi connectivity index (χ3v) is 8.84. The van der Waals surface area contributed by atoms with Gasteiger partial charge in [0.05, 0.1) is 4.34 Å². The molecule has 0 saturated carbocycles. The van der Waals surface area contributed by atoms with Gasteiger partial charge in [0.2, 0.25) is 11.8 Å². The zero-order chi connectivity index (χ0) is 22.2. The number of hydrogen-bond donors (Lipinski definition) is 1. The lowest BCUT2D eigenvalue weighted by molar-refractivity contribution is -0.121. The fraction of sp³-hybridized carbons (Fsp3) is 0.350. The Hall–Kier alpha value is -2.27. The molecule has 0 atom stereocenters. The number of piperidine rings is 1. The van der Waals surface area contributed by atoms with E-state index in [1.54, 1.807) is 6.07 Å². The molecule has 0 aliphatic carbocycles. The topological polar surface area (TPSA) is 105 Å². The molecule has 3 heterocycles. The number of hydrogen-bond acceptors (Lipinski definition) is 7. The smallest absolute Gasteiger partial charge is 0.322 e. The van der Waals surface area contributed by atoms with E-state index < -0.39 is 10.0 Å². The first kappa shape index (κ1) is 21.9. The number of thiophene rings is 1. The van der Waals surface area contributed by atoms with Crippen LogP contribution in [-0.2, 0) is 14.8 Å². The molecule has 3 aromatic rings. The Kier molecular flexibility index (Phi) is 6.16. The average molecular weight is 481 g/mol. The molecule has 0 bridgehead atoms. The fourth-order valence-electron chi connectivity index (χ4n) is 3.48. The van der Waals surface area contributed by atoms with E-state index in [-0.39, 0.29) is 35.1 Å². The van der Waals surface area contributed by atoms with Crippen molar-refractivity contribution in [2.75, 3.05) is 18.4 Å². The van der Waals surface area contributed by atoms with Gasteiger partial charge >= 0.3 is 6.01 Å². The average Bonchev–Trinajstić information content (AvgIpc) is 3.39. The lowest BCUT2D eigenvalue weighted by atomic mass is 9.97. The van der Waals surface area contributed by atoms with Gasteiger partial charge in [-0.1, -0.05) is 34.4 Å². The summed E-state index contributed by atoms with van der Waals surface area (Å²) in [6.45, 7) is 4.44. The van der Waals surface area contributed by atoms with E-state index >= 15 is 0 Å². The van der Waals surface area contributed by atoms with Crippen LogP contribution in [0.15, 0.2) is 39.0 Å². The van der Waals surface area contributed by atoms with Crippen molar-refractivity contribution in [1.29, 1.82) is 0 Å². The van der Waals surface area contributed by atoms with Crippen molar-refractivity contribution >= 4 is 44.9 Å². The molecule has 1 saturated heterocycles. The van der Waals surface area contributed by atoms with Crippen LogP contribution in [-0.4, -0.2) is 41.9 Å². The summed E-state index contributed by atoms with van der Waals surface area (Å²) in [5.41, 5.74) is 2.88. The third-order valence-electron chi connectivity index (χ3n) is 5.25. The first-order valence-corrected chi connectivity index (χ1v) is 12.3. The van der Waals surface area contributed by atoms with Gasteiger partial charge in [0.15, 0.2) is 0 Å². The van der Waals surface area contributed by atoms with Crippen molar-refractivity contribution in [3.05, 3.63) is 45.8 Å². The minimum atomic E-state index is -3.59. The summed E-state index contributed by atoms with van der Waals surface area (Å²) < 4.78 is 33.1. The van der Waals surface area contributed by atoms with Crippen molar-refractivity contribution in [3.63, 3.8) is 0 Å². The van der Waals surface area contributed by atoms with Crippen molar-refractivity contribution < 1.29 is 17.6 Å². The molecule has 2 aromatic heterocycles. The van der Waals surface area contributed by atoms with E-state index in [2.05, 4.69) is 15.5 Å². The van der Waals surface area contributed by atoms with Gasteiger partial charge in [-0.2, -0.15) is 4.31 Å². The van der Waals surface area contributed by atoms with Crippen molar-refractivity contribution in [1.82, 2.24) is 14.5 Å². The van der Waals surface area contributed by atoms with Gasteiger partial charge in [0.1, 0.15) is 4.21 Å². The highest BCUT2D eigenvalue weighted by molar-refractivity contribution is 7.91. The second-order valence-corrected chi connectivity index (χ2v) is 11.3. The number of rotatable bonds is 5. The zero-order valence-electron chi connectivity index (χ0n) is 17.0. The predicted molar refractivity (Wildman–Crippen MR) is 119 cm³/mol. The van der Waals surface area contributed by atoms with E-state index in [0.717, 1.165) is 28.0 Å². The zero-order valence-corrected chi connectivity index (χ0v) is 19.4. The molecular formula is C20H21ClN4O4S2. The highest BCUT2D eigenvalue weighted by atomic mass is 35.5. The number of anilines is 1. The number of aryl methyl sites for hydroxylation is 2. The minimum absolute atomic E-state index is 0.0317. The number of sulfonamides is 1. The minimum Gasteiger partial charge on any atom is -0.403 e. The number of halogens is 1. The first-order valence-electron chi connectivity index (χ1n) is 9.71. The van der Waals surface area contributed by atoms with Gasteiger partial charge in [0.25, 0.3) is 10.0 Å². The SMILES string of the molecule is Cc1ccc(C)c(-c2nnc(NC(=O)C3CCN(S(=O)(=O)c4ccc(Cl)s4)CC3)o2)c1. The van der Waals surface area contributed by atoms with E-state index in [4.69, 9.17) is 16.0 Å². The Balaban J connectivity index is 1.38. The normalized spacial score (nSPS) is 15.8. The predicted octanol–water partition coefficient (Wildman–Crippen LogP) is 4.11. The quantitative estimate of drug-likeness (QED) is 0.589. The molecule has 0 radical (unpaired) electrons. The second kappa shape index (κ2) is 8.70. The summed E-state index contributed by atoms with van der Waals surface area (Å²) >= 11 is 6.90. The third kappa shape index (κ3) is 4.67. The summed E-state index contributed by atoms with van der Waals surface area (Å²) in [4.78, 5) is 12.6. The van der Waals surface area contributed by atoms with Crippen molar-refractivity contribution in [2.45, 2.75) is 30.9 Å². The monoisotopic (exact) mass is 480 g/mol. The van der Waals surface area contributed by atoms with Crippen LogP contribution in [0.3, 0.4) is 0 Å². The largest absolute Gasteiger partial charge is 0.403 e. The number of benzene rings is 1. The molecule has 1 amide bonds. The molecule has 1 aromatic carbocycles. The maximum absolute atomic E-state index is 12.7. The molecule has 8 nitrogen and oxygen atoms in total. The highest BCUT2D eigenvalue weighted by Gasteiger charge is 2.33. The molecular weight excluding hydrogens is 460 g/mol. The van der Waals surface area contributed by atoms with Crippen LogP contribution in [0.2, 0.25) is 4.34 Å². The number of nitrogens with one attached hydrogen (secondary N) is 1. The molecule has 11 heteroatoms. The maximum Gasteiger partial charge on any atom is 0.322 e. The van der Waals surface area contributed by atoms with Crippen LogP contribution in [0.25, 0.3) is 11.5 Å². The Morgan fingerprint density at radius 3 is 2.61 bits per heavy atom. The van der Waals surface area contributed by atoms with Crippen molar-refractivity contribution in [3.8, 4) is 11.5 Å². The van der Waals surface area contributed by atoms with Gasteiger partial charge in [-0.05, 0) is 50.5 Å². The van der Waals surface area contributed by atoms with Crippen LogP contribution in [0, 0.1) is 19.8 Å². The number of carbonyl (C=O) groups excluding carboxylic acids is 1. The maximum atomic E-state index is 12.7. The van der Waals surface area contributed by atoms with E-state index in [1.807, 2.05) is 32.0 Å². The summed E-state index contributed by atoms with van der Waals surface area (Å²) in [6.07, 6.45) is 0.810. The second-order valence-electron chi connectivity index (χ2n) is 7.46. The highest BCUT2D eigenvalue weighted by Crippen LogP contribution is 2.31. The Labute approximate surface area is 189 Å². The van der Waals surface area contributed by atoms with Crippen LogP contribution in [0.4, 0.5) is 6.01 Å². The Bertz CT molecular complexity index is 1210. The Morgan fingerprint density at radius 2 is 1.94 bits per heavy atom. The molecule has 1 aliphatic heterocycles. The molecule has 0 unspecified atom stereocenters. The summed E-state index contributed by atoms with van der Waals surface area (Å²) in [6, 6.07) is 9.02. The lowest BCUT2D eigenvalue weighted by Gasteiger charge is -2.29. The Morgan fingerprint density at radius 1 is 1.19 bits per heavy atom. The molecule has 1 fully saturated rings. The molecule has 0 spiro atoms. The van der Waals surface area contributed by atoms with E-state index in [9.17, 15) is 13.2 Å². The number of carbonyl (C=O) groups is 1.